The van der Waals surface area contributed by atoms with E-state index in [9.17, 15) is 4.39 Å². The molecule has 0 spiro atoms. The van der Waals surface area contributed by atoms with Crippen LogP contribution in [0.15, 0.2) is 47.6 Å². The van der Waals surface area contributed by atoms with Gasteiger partial charge in [-0.2, -0.15) is 5.26 Å². The number of anilines is 1. The Kier molecular flexibility index (Phi) is 6.21. The first-order valence-corrected chi connectivity index (χ1v) is 9.01. The summed E-state index contributed by atoms with van der Waals surface area (Å²) < 4.78 is 13.9. The number of pyridine rings is 1. The van der Waals surface area contributed by atoms with Gasteiger partial charge >= 0.3 is 0 Å². The lowest BCUT2D eigenvalue weighted by Gasteiger charge is -2.33. The third-order valence-electron chi connectivity index (χ3n) is 4.65. The quantitative estimate of drug-likeness (QED) is 0.642. The lowest BCUT2D eigenvalue weighted by Crippen LogP contribution is -2.48. The Labute approximate surface area is 158 Å². The molecule has 3 rings (SSSR count). The van der Waals surface area contributed by atoms with Crippen molar-refractivity contribution >= 4 is 11.8 Å². The predicted octanol–water partition coefficient (Wildman–Crippen LogP) is 2.43. The molecule has 1 aliphatic heterocycles. The van der Waals surface area contributed by atoms with E-state index in [1.165, 1.54) is 12.1 Å². The van der Waals surface area contributed by atoms with Gasteiger partial charge in [0.2, 0.25) is 0 Å². The molecule has 0 saturated carbocycles. The van der Waals surface area contributed by atoms with Crippen molar-refractivity contribution in [2.24, 2.45) is 4.99 Å². The van der Waals surface area contributed by atoms with Crippen LogP contribution in [0.5, 0.6) is 0 Å². The number of hydrogen-bond acceptors (Lipinski definition) is 4. The largest absolute Gasteiger partial charge is 0.356 e. The van der Waals surface area contributed by atoms with Gasteiger partial charge in [-0.25, -0.2) is 9.37 Å². The van der Waals surface area contributed by atoms with Crippen molar-refractivity contribution < 1.29 is 4.39 Å². The zero-order chi connectivity index (χ0) is 19.1. The molecule has 0 radical (unpaired) electrons. The van der Waals surface area contributed by atoms with Crippen LogP contribution in [-0.4, -0.2) is 37.1 Å². The van der Waals surface area contributed by atoms with Gasteiger partial charge < -0.3 is 15.5 Å². The summed E-state index contributed by atoms with van der Waals surface area (Å²) in [5, 5.41) is 15.5. The van der Waals surface area contributed by atoms with Crippen LogP contribution in [0.4, 0.5) is 10.2 Å². The molecule has 27 heavy (non-hydrogen) atoms. The Hall–Kier alpha value is -3.14. The van der Waals surface area contributed by atoms with Gasteiger partial charge in [-0.05, 0) is 43.2 Å². The molecule has 0 amide bonds. The van der Waals surface area contributed by atoms with Gasteiger partial charge in [0.25, 0.3) is 0 Å². The SMILES string of the molecule is CN=C(NCc1cc(C#N)ccc1F)NC1CCN(c2ccccn2)CC1. The fraction of sp³-hybridized carbons (Fsp3) is 0.350. The zero-order valence-electron chi connectivity index (χ0n) is 15.3. The Morgan fingerprint density at radius 3 is 2.81 bits per heavy atom. The Balaban J connectivity index is 1.51. The van der Waals surface area contributed by atoms with Crippen molar-refractivity contribution in [2.75, 3.05) is 25.0 Å². The molecule has 1 saturated heterocycles. The lowest BCUT2D eigenvalue weighted by molar-refractivity contribution is 0.459. The number of halogens is 1. The average Bonchev–Trinajstić information content (AvgIpc) is 2.73. The molecule has 2 aromatic rings. The summed E-state index contributed by atoms with van der Waals surface area (Å²) in [5.74, 6) is 1.31. The van der Waals surface area contributed by atoms with E-state index in [4.69, 9.17) is 5.26 Å². The third-order valence-corrected chi connectivity index (χ3v) is 4.65. The van der Waals surface area contributed by atoms with Crippen LogP contribution in [0.25, 0.3) is 0 Å². The molecule has 1 aromatic carbocycles. The van der Waals surface area contributed by atoms with Gasteiger partial charge in [-0.3, -0.25) is 4.99 Å². The Morgan fingerprint density at radius 1 is 1.33 bits per heavy atom. The molecule has 6 nitrogen and oxygen atoms in total. The van der Waals surface area contributed by atoms with Gasteiger partial charge in [0.05, 0.1) is 11.6 Å². The maximum Gasteiger partial charge on any atom is 0.191 e. The second-order valence-electron chi connectivity index (χ2n) is 6.44. The summed E-state index contributed by atoms with van der Waals surface area (Å²) in [7, 11) is 1.69. The van der Waals surface area contributed by atoms with Crippen molar-refractivity contribution in [3.63, 3.8) is 0 Å². The number of nitrogens with one attached hydrogen (secondary N) is 2. The molecule has 1 aliphatic rings. The first-order chi connectivity index (χ1) is 13.2. The summed E-state index contributed by atoms with van der Waals surface area (Å²) in [6.45, 7) is 2.11. The van der Waals surface area contributed by atoms with Crippen molar-refractivity contribution in [1.82, 2.24) is 15.6 Å². The number of piperidine rings is 1. The molecular weight excluding hydrogens is 343 g/mol. The van der Waals surface area contributed by atoms with Crippen LogP contribution in [-0.2, 0) is 6.54 Å². The normalized spacial score (nSPS) is 15.3. The number of aliphatic imine (C=N–C) groups is 1. The van der Waals surface area contributed by atoms with E-state index in [1.807, 2.05) is 30.5 Å². The van der Waals surface area contributed by atoms with E-state index < -0.39 is 0 Å². The number of nitrogens with zero attached hydrogens (tertiary/aromatic N) is 4. The van der Waals surface area contributed by atoms with E-state index in [2.05, 4.69) is 25.5 Å². The van der Waals surface area contributed by atoms with Crippen molar-refractivity contribution in [2.45, 2.75) is 25.4 Å². The summed E-state index contributed by atoms with van der Waals surface area (Å²) >= 11 is 0. The van der Waals surface area contributed by atoms with E-state index in [-0.39, 0.29) is 12.4 Å². The van der Waals surface area contributed by atoms with Crippen molar-refractivity contribution in [3.05, 3.63) is 59.5 Å². The number of nitriles is 1. The maximum atomic E-state index is 13.9. The number of hydrogen-bond donors (Lipinski definition) is 2. The monoisotopic (exact) mass is 366 g/mol. The third kappa shape index (κ3) is 4.94. The highest BCUT2D eigenvalue weighted by atomic mass is 19.1. The molecule has 1 aromatic heterocycles. The minimum atomic E-state index is -0.333. The van der Waals surface area contributed by atoms with Crippen LogP contribution in [0.3, 0.4) is 0 Å². The first kappa shape index (κ1) is 18.6. The number of benzene rings is 1. The predicted molar refractivity (Wildman–Crippen MR) is 104 cm³/mol. The molecule has 0 aliphatic carbocycles. The van der Waals surface area contributed by atoms with Gasteiger partial charge in [-0.1, -0.05) is 6.07 Å². The summed E-state index contributed by atoms with van der Waals surface area (Å²) in [4.78, 5) is 10.9. The van der Waals surface area contributed by atoms with Crippen LogP contribution in [0.2, 0.25) is 0 Å². The molecule has 2 heterocycles. The van der Waals surface area contributed by atoms with E-state index in [0.29, 0.717) is 23.1 Å². The molecular formula is C20H23FN6. The van der Waals surface area contributed by atoms with E-state index in [1.54, 1.807) is 13.1 Å². The maximum absolute atomic E-state index is 13.9. The molecule has 7 heteroatoms. The molecule has 140 valence electrons. The standard InChI is InChI=1S/C20H23FN6/c1-23-20(25-14-16-12-15(13-22)5-6-18(16)21)26-17-7-10-27(11-8-17)19-4-2-3-9-24-19/h2-6,9,12,17H,7-8,10-11,14H2,1H3,(H2,23,25,26). The molecule has 0 unspecified atom stereocenters. The van der Waals surface area contributed by atoms with Gasteiger partial charge in [0.15, 0.2) is 5.96 Å². The van der Waals surface area contributed by atoms with Crippen LogP contribution < -0.4 is 15.5 Å². The average molecular weight is 366 g/mol. The number of rotatable bonds is 4. The lowest BCUT2D eigenvalue weighted by atomic mass is 10.1. The smallest absolute Gasteiger partial charge is 0.191 e. The molecule has 2 N–H and O–H groups in total. The van der Waals surface area contributed by atoms with Gasteiger partial charge in [-0.15, -0.1) is 0 Å². The highest BCUT2D eigenvalue weighted by Gasteiger charge is 2.20. The number of aromatic nitrogens is 1. The van der Waals surface area contributed by atoms with Crippen LogP contribution in [0, 0.1) is 17.1 Å². The second-order valence-corrected chi connectivity index (χ2v) is 6.44. The Bertz CT molecular complexity index is 822. The van der Waals surface area contributed by atoms with Gasteiger partial charge in [0.1, 0.15) is 11.6 Å². The number of guanidine groups is 1. The highest BCUT2D eigenvalue weighted by Crippen LogP contribution is 2.17. The van der Waals surface area contributed by atoms with Crippen molar-refractivity contribution in [3.8, 4) is 6.07 Å². The van der Waals surface area contributed by atoms with Gasteiger partial charge in [0, 0.05) is 44.5 Å². The van der Waals surface area contributed by atoms with E-state index in [0.717, 1.165) is 31.7 Å². The Morgan fingerprint density at radius 2 is 2.15 bits per heavy atom. The van der Waals surface area contributed by atoms with Crippen LogP contribution in [0.1, 0.15) is 24.0 Å². The molecule has 0 atom stereocenters. The fourth-order valence-electron chi connectivity index (χ4n) is 3.14. The highest BCUT2D eigenvalue weighted by molar-refractivity contribution is 5.80. The van der Waals surface area contributed by atoms with Crippen molar-refractivity contribution in [1.29, 1.82) is 5.26 Å². The first-order valence-electron chi connectivity index (χ1n) is 9.01. The minimum absolute atomic E-state index is 0.272. The zero-order valence-corrected chi connectivity index (χ0v) is 15.3. The van der Waals surface area contributed by atoms with E-state index >= 15 is 0 Å². The summed E-state index contributed by atoms with van der Waals surface area (Å²) in [5.41, 5.74) is 0.889. The minimum Gasteiger partial charge on any atom is -0.356 e. The summed E-state index contributed by atoms with van der Waals surface area (Å²) in [6, 6.07) is 12.6. The fourth-order valence-corrected chi connectivity index (χ4v) is 3.14. The second kappa shape index (κ2) is 8.99. The molecule has 1 fully saturated rings. The summed E-state index contributed by atoms with van der Waals surface area (Å²) in [6.07, 6.45) is 3.75. The topological polar surface area (TPSA) is 76.3 Å². The molecule has 0 bridgehead atoms. The van der Waals surface area contributed by atoms with Crippen LogP contribution >= 0.6 is 0 Å².